The van der Waals surface area contributed by atoms with Crippen LogP contribution in [0.5, 0.6) is 0 Å². The zero-order valence-electron chi connectivity index (χ0n) is 6.69. The molecule has 5 nitrogen and oxygen atoms in total. The zero-order chi connectivity index (χ0) is 9.52. The fourth-order valence-electron chi connectivity index (χ4n) is 0.716. The van der Waals surface area contributed by atoms with Crippen LogP contribution in [0.25, 0.3) is 10.4 Å². The van der Waals surface area contributed by atoms with Gasteiger partial charge in [0.25, 0.3) is 0 Å². The van der Waals surface area contributed by atoms with Crippen molar-refractivity contribution >= 4 is 0 Å². The summed E-state index contributed by atoms with van der Waals surface area (Å²) >= 11 is 0. The lowest BCUT2D eigenvalue weighted by atomic mass is 10.3. The molecule has 0 fully saturated rings. The van der Waals surface area contributed by atoms with Gasteiger partial charge in [-0.15, -0.1) is 0 Å². The lowest BCUT2D eigenvalue weighted by molar-refractivity contribution is 1.25. The number of pyridine rings is 1. The minimum absolute atomic E-state index is 0.0742. The lowest BCUT2D eigenvalue weighted by Crippen LogP contribution is -2.03. The Labute approximate surface area is 74.0 Å². The Bertz CT molecular complexity index is 445. The highest BCUT2D eigenvalue weighted by molar-refractivity contribution is 5.31. The summed E-state index contributed by atoms with van der Waals surface area (Å²) in [5.74, 6) is 5.14. The van der Waals surface area contributed by atoms with E-state index in [0.717, 1.165) is 0 Å². The Hall–Kier alpha value is -2.18. The summed E-state index contributed by atoms with van der Waals surface area (Å²) in [6.07, 6.45) is 3.03. The number of aromatic nitrogens is 1. The molecule has 1 heterocycles. The molecular formula is C8H6N4O. The van der Waals surface area contributed by atoms with E-state index in [0.29, 0.717) is 5.56 Å². The third-order valence-corrected chi connectivity index (χ3v) is 1.26. The molecule has 1 N–H and O–H groups in total. The molecule has 64 valence electrons. The van der Waals surface area contributed by atoms with Crippen molar-refractivity contribution in [3.05, 3.63) is 44.7 Å². The maximum atomic E-state index is 11.1. The van der Waals surface area contributed by atoms with Gasteiger partial charge in [0.1, 0.15) is 0 Å². The summed E-state index contributed by atoms with van der Waals surface area (Å²) in [6.45, 7) is 0.0742. The van der Waals surface area contributed by atoms with Crippen LogP contribution in [0.2, 0.25) is 0 Å². The van der Waals surface area contributed by atoms with E-state index in [1.807, 2.05) is 0 Å². The first-order chi connectivity index (χ1) is 6.34. The van der Waals surface area contributed by atoms with Gasteiger partial charge < -0.3 is 4.98 Å². The van der Waals surface area contributed by atoms with Crippen LogP contribution in [-0.2, 0) is 0 Å². The molecule has 0 aliphatic rings. The van der Waals surface area contributed by atoms with E-state index >= 15 is 0 Å². The Morgan fingerprint density at radius 3 is 3.23 bits per heavy atom. The molecule has 0 aromatic carbocycles. The number of nitrogens with one attached hydrogen (secondary N) is 1. The van der Waals surface area contributed by atoms with Gasteiger partial charge in [0.2, 0.25) is 0 Å². The van der Waals surface area contributed by atoms with Crippen molar-refractivity contribution < 1.29 is 0 Å². The van der Waals surface area contributed by atoms with Crippen LogP contribution in [0.1, 0.15) is 5.56 Å². The number of hydrogen-bond acceptors (Lipinski definition) is 2. The molecule has 13 heavy (non-hydrogen) atoms. The molecule has 1 aromatic heterocycles. The van der Waals surface area contributed by atoms with Gasteiger partial charge in [0, 0.05) is 23.4 Å². The number of aromatic amines is 1. The minimum atomic E-state index is -0.146. The van der Waals surface area contributed by atoms with Crippen molar-refractivity contribution in [3.63, 3.8) is 0 Å². The minimum Gasteiger partial charge on any atom is -0.366 e. The van der Waals surface area contributed by atoms with Crippen molar-refractivity contribution in [3.8, 4) is 11.8 Å². The number of azide groups is 1. The molecule has 0 saturated carbocycles. The second-order valence-electron chi connectivity index (χ2n) is 2.11. The molecule has 0 aliphatic heterocycles. The smallest absolute Gasteiger partial charge is 0.197 e. The average Bonchev–Trinajstić information content (AvgIpc) is 2.15. The topological polar surface area (TPSA) is 81.6 Å². The van der Waals surface area contributed by atoms with Gasteiger partial charge in [-0.25, -0.2) is 0 Å². The molecule has 0 saturated heterocycles. The monoisotopic (exact) mass is 174 g/mol. The van der Waals surface area contributed by atoms with Crippen molar-refractivity contribution in [1.29, 1.82) is 0 Å². The van der Waals surface area contributed by atoms with Crippen molar-refractivity contribution in [1.82, 2.24) is 4.98 Å². The third-order valence-electron chi connectivity index (χ3n) is 1.26. The van der Waals surface area contributed by atoms with Crippen LogP contribution in [-0.4, -0.2) is 11.5 Å². The third kappa shape index (κ3) is 2.73. The Morgan fingerprint density at radius 2 is 2.54 bits per heavy atom. The summed E-state index contributed by atoms with van der Waals surface area (Å²) in [5, 5.41) is 3.21. The molecule has 0 radical (unpaired) electrons. The molecule has 5 heteroatoms. The molecule has 0 unspecified atom stereocenters. The lowest BCUT2D eigenvalue weighted by Gasteiger charge is -1.85. The highest BCUT2D eigenvalue weighted by Crippen LogP contribution is 1.82. The van der Waals surface area contributed by atoms with Crippen LogP contribution in [0.3, 0.4) is 0 Å². The number of rotatable bonds is 1. The molecule has 0 spiro atoms. The zero-order valence-corrected chi connectivity index (χ0v) is 6.69. The highest BCUT2D eigenvalue weighted by atomic mass is 16.1. The summed E-state index contributed by atoms with van der Waals surface area (Å²) in [6, 6.07) is 1.39. The molecular weight excluding hydrogens is 168 g/mol. The van der Waals surface area contributed by atoms with Gasteiger partial charge in [0.15, 0.2) is 5.43 Å². The largest absolute Gasteiger partial charge is 0.366 e. The van der Waals surface area contributed by atoms with Gasteiger partial charge >= 0.3 is 0 Å². The van der Waals surface area contributed by atoms with E-state index < -0.39 is 0 Å². The van der Waals surface area contributed by atoms with Gasteiger partial charge in [-0.3, -0.25) is 4.79 Å². The Kier molecular flexibility index (Phi) is 3.19. The van der Waals surface area contributed by atoms with Gasteiger partial charge in [-0.2, -0.15) is 0 Å². The summed E-state index contributed by atoms with van der Waals surface area (Å²) in [5.41, 5.74) is 8.17. The Balaban J connectivity index is 2.83. The van der Waals surface area contributed by atoms with E-state index in [1.165, 1.54) is 18.5 Å². The van der Waals surface area contributed by atoms with Crippen LogP contribution in [0.4, 0.5) is 0 Å². The summed E-state index contributed by atoms with van der Waals surface area (Å²) < 4.78 is 0. The summed E-state index contributed by atoms with van der Waals surface area (Å²) in [4.78, 5) is 16.3. The van der Waals surface area contributed by atoms with E-state index in [1.54, 1.807) is 0 Å². The summed E-state index contributed by atoms with van der Waals surface area (Å²) in [7, 11) is 0. The number of hydrogen-bond donors (Lipinski definition) is 1. The van der Waals surface area contributed by atoms with Crippen molar-refractivity contribution in [2.24, 2.45) is 5.11 Å². The SMILES string of the molecule is [N-]=[N+]=NCC#Cc1c[nH]ccc1=O. The predicted octanol–water partition coefficient (Wildman–Crippen LogP) is 1.04. The molecule has 0 atom stereocenters. The number of H-pyrrole nitrogens is 1. The maximum absolute atomic E-state index is 11.1. The fraction of sp³-hybridized carbons (Fsp3) is 0.125. The van der Waals surface area contributed by atoms with Crippen LogP contribution >= 0.6 is 0 Å². The Morgan fingerprint density at radius 1 is 1.69 bits per heavy atom. The molecule has 0 aliphatic carbocycles. The van der Waals surface area contributed by atoms with E-state index in [4.69, 9.17) is 5.53 Å². The molecule has 1 aromatic rings. The second-order valence-corrected chi connectivity index (χ2v) is 2.11. The molecule has 1 rings (SSSR count). The first kappa shape index (κ1) is 8.91. The van der Waals surface area contributed by atoms with Crippen LogP contribution in [0.15, 0.2) is 28.4 Å². The van der Waals surface area contributed by atoms with E-state index in [9.17, 15) is 4.79 Å². The number of nitrogens with zero attached hydrogens (tertiary/aromatic N) is 3. The average molecular weight is 174 g/mol. The normalized spacial score (nSPS) is 8.00. The van der Waals surface area contributed by atoms with Crippen molar-refractivity contribution in [2.45, 2.75) is 0 Å². The quantitative estimate of drug-likeness (QED) is 0.293. The first-order valence-electron chi connectivity index (χ1n) is 3.51. The second kappa shape index (κ2) is 4.65. The first-order valence-corrected chi connectivity index (χ1v) is 3.51. The highest BCUT2D eigenvalue weighted by Gasteiger charge is 1.89. The van der Waals surface area contributed by atoms with Crippen LogP contribution < -0.4 is 5.43 Å². The maximum Gasteiger partial charge on any atom is 0.197 e. The van der Waals surface area contributed by atoms with Gasteiger partial charge in [-0.1, -0.05) is 17.0 Å². The fourth-order valence-corrected chi connectivity index (χ4v) is 0.716. The predicted molar refractivity (Wildman–Crippen MR) is 48.0 cm³/mol. The van der Waals surface area contributed by atoms with E-state index in [2.05, 4.69) is 26.9 Å². The van der Waals surface area contributed by atoms with Gasteiger partial charge in [0.05, 0.1) is 12.1 Å². The molecule has 0 bridgehead atoms. The van der Waals surface area contributed by atoms with Crippen molar-refractivity contribution in [2.75, 3.05) is 6.54 Å². The van der Waals surface area contributed by atoms with Crippen LogP contribution in [0, 0.1) is 11.8 Å². The standard InChI is InChI=1S/C8H6N4O/c9-12-11-4-1-2-7-6-10-5-3-8(7)13/h3,5-6H,4H2,(H,10,13). The van der Waals surface area contributed by atoms with Gasteiger partial charge in [-0.05, 0) is 5.53 Å². The van der Waals surface area contributed by atoms with E-state index in [-0.39, 0.29) is 12.0 Å². The molecule has 0 amide bonds.